The van der Waals surface area contributed by atoms with Gasteiger partial charge in [0.25, 0.3) is 0 Å². The van der Waals surface area contributed by atoms with Crippen molar-refractivity contribution in [3.63, 3.8) is 0 Å². The molecule has 0 aliphatic carbocycles. The van der Waals surface area contributed by atoms with Gasteiger partial charge in [0, 0.05) is 30.7 Å². The number of aliphatic imine (C=N–C) groups is 1. The number of rotatable bonds is 4. The van der Waals surface area contributed by atoms with Crippen LogP contribution >= 0.6 is 11.3 Å². The number of thiazole rings is 1. The summed E-state index contributed by atoms with van der Waals surface area (Å²) in [5, 5.41) is 4.40. The van der Waals surface area contributed by atoms with Gasteiger partial charge in [-0.05, 0) is 26.7 Å². The van der Waals surface area contributed by atoms with Crippen LogP contribution in [0.4, 0.5) is 0 Å². The van der Waals surface area contributed by atoms with Crippen molar-refractivity contribution in [2.45, 2.75) is 33.2 Å². The van der Waals surface area contributed by atoms with Gasteiger partial charge >= 0.3 is 5.97 Å². The fourth-order valence-electron chi connectivity index (χ4n) is 2.55. The predicted octanol–water partition coefficient (Wildman–Crippen LogP) is 1.80. The van der Waals surface area contributed by atoms with Crippen LogP contribution in [0.1, 0.15) is 29.7 Å². The number of nitrogens with one attached hydrogen (secondary N) is 1. The molecular weight excluding hydrogens is 300 g/mol. The van der Waals surface area contributed by atoms with Crippen molar-refractivity contribution in [3.05, 3.63) is 16.1 Å². The van der Waals surface area contributed by atoms with Gasteiger partial charge in [-0.1, -0.05) is 0 Å². The first kappa shape index (κ1) is 16.7. The van der Waals surface area contributed by atoms with E-state index in [1.54, 1.807) is 11.3 Å². The number of hydrogen-bond acceptors (Lipinski definition) is 5. The van der Waals surface area contributed by atoms with Crippen LogP contribution in [0.3, 0.4) is 0 Å². The second-order valence-electron chi connectivity index (χ2n) is 5.30. The maximum Gasteiger partial charge on any atom is 0.308 e. The lowest BCUT2D eigenvalue weighted by Gasteiger charge is -2.33. The lowest BCUT2D eigenvalue weighted by atomic mass is 9.97. The Morgan fingerprint density at radius 3 is 2.82 bits per heavy atom. The largest absolute Gasteiger partial charge is 0.469 e. The first-order valence-corrected chi connectivity index (χ1v) is 8.48. The molecule has 1 fully saturated rings. The molecule has 2 heterocycles. The number of methoxy groups -OCH3 is 1. The quantitative estimate of drug-likeness (QED) is 0.520. The van der Waals surface area contributed by atoms with Gasteiger partial charge in [-0.25, -0.2) is 9.98 Å². The Morgan fingerprint density at radius 1 is 1.55 bits per heavy atom. The molecule has 1 aliphatic heterocycles. The van der Waals surface area contributed by atoms with Gasteiger partial charge in [0.1, 0.15) is 0 Å². The Hall–Kier alpha value is -1.63. The molecule has 6 nitrogen and oxygen atoms in total. The third-order valence-electron chi connectivity index (χ3n) is 3.72. The molecule has 1 N–H and O–H groups in total. The number of hydrogen-bond donors (Lipinski definition) is 1. The van der Waals surface area contributed by atoms with Crippen molar-refractivity contribution in [1.29, 1.82) is 0 Å². The summed E-state index contributed by atoms with van der Waals surface area (Å²) in [6.45, 7) is 7.19. The highest BCUT2D eigenvalue weighted by atomic mass is 32.1. The number of carbonyl (C=O) groups is 1. The summed E-state index contributed by atoms with van der Waals surface area (Å²) in [5.41, 5.74) is 0. The summed E-state index contributed by atoms with van der Waals surface area (Å²) in [6.07, 6.45) is 3.52. The van der Waals surface area contributed by atoms with Gasteiger partial charge < -0.3 is 15.0 Å². The number of ether oxygens (including phenoxy) is 1. The van der Waals surface area contributed by atoms with Gasteiger partial charge in [0.15, 0.2) is 5.96 Å². The first-order chi connectivity index (χ1) is 10.6. The third-order valence-corrected chi connectivity index (χ3v) is 4.62. The zero-order valence-corrected chi connectivity index (χ0v) is 14.3. The van der Waals surface area contributed by atoms with E-state index in [-0.39, 0.29) is 11.9 Å². The minimum Gasteiger partial charge on any atom is -0.469 e. The number of esters is 1. The molecular formula is C15H24N4O2S. The van der Waals surface area contributed by atoms with Crippen LogP contribution in [0.25, 0.3) is 0 Å². The Morgan fingerprint density at radius 2 is 2.27 bits per heavy atom. The highest BCUT2D eigenvalue weighted by Gasteiger charge is 2.26. The van der Waals surface area contributed by atoms with E-state index in [0.717, 1.165) is 48.3 Å². The molecule has 0 atom stereocenters. The summed E-state index contributed by atoms with van der Waals surface area (Å²) >= 11 is 1.68. The van der Waals surface area contributed by atoms with Crippen molar-refractivity contribution in [1.82, 2.24) is 15.2 Å². The third kappa shape index (κ3) is 4.43. The molecule has 0 aromatic carbocycles. The van der Waals surface area contributed by atoms with Crippen molar-refractivity contribution in [3.8, 4) is 0 Å². The van der Waals surface area contributed by atoms with E-state index in [0.29, 0.717) is 6.54 Å². The maximum atomic E-state index is 11.6. The average molecular weight is 324 g/mol. The SMILES string of the molecule is CCNC(=NCc1cnc(C)s1)N1CCC(C(=O)OC)CC1. The summed E-state index contributed by atoms with van der Waals surface area (Å²) in [6, 6.07) is 0. The molecule has 0 bridgehead atoms. The zero-order valence-electron chi connectivity index (χ0n) is 13.5. The minimum absolute atomic E-state index is 0.0215. The number of carbonyl (C=O) groups excluding carboxylic acids is 1. The predicted molar refractivity (Wildman–Crippen MR) is 88.0 cm³/mol. The molecule has 0 saturated carbocycles. The highest BCUT2D eigenvalue weighted by molar-refractivity contribution is 7.11. The van der Waals surface area contributed by atoms with Crippen molar-refractivity contribution >= 4 is 23.3 Å². The van der Waals surface area contributed by atoms with Gasteiger partial charge in [0.2, 0.25) is 0 Å². The summed E-state index contributed by atoms with van der Waals surface area (Å²) in [5.74, 6) is 0.840. The van der Waals surface area contributed by atoms with Gasteiger partial charge in [-0.2, -0.15) is 0 Å². The van der Waals surface area contributed by atoms with Crippen molar-refractivity contribution in [2.24, 2.45) is 10.9 Å². The fourth-order valence-corrected chi connectivity index (χ4v) is 3.27. The smallest absolute Gasteiger partial charge is 0.308 e. The number of likely N-dealkylation sites (tertiary alicyclic amines) is 1. The minimum atomic E-state index is -0.0956. The highest BCUT2D eigenvalue weighted by Crippen LogP contribution is 2.19. The van der Waals surface area contributed by atoms with E-state index in [1.165, 1.54) is 7.11 Å². The molecule has 1 saturated heterocycles. The summed E-state index contributed by atoms with van der Waals surface area (Å²) < 4.78 is 4.83. The van der Waals surface area contributed by atoms with Crippen LogP contribution in [0.5, 0.6) is 0 Å². The van der Waals surface area contributed by atoms with Crippen LogP contribution in [-0.4, -0.2) is 48.6 Å². The molecule has 0 radical (unpaired) electrons. The zero-order chi connectivity index (χ0) is 15.9. The average Bonchev–Trinajstić information content (AvgIpc) is 2.96. The molecule has 1 aromatic rings. The standard InChI is InChI=1S/C15H24N4O2S/c1-4-16-15(18-10-13-9-17-11(2)22-13)19-7-5-12(6-8-19)14(20)21-3/h9,12H,4-8,10H2,1-3H3,(H,16,18). The van der Waals surface area contributed by atoms with Crippen molar-refractivity contribution in [2.75, 3.05) is 26.7 Å². The molecule has 0 spiro atoms. The van der Waals surface area contributed by atoms with E-state index in [2.05, 4.69) is 22.1 Å². The van der Waals surface area contributed by atoms with Crippen LogP contribution in [0, 0.1) is 12.8 Å². The molecule has 1 aliphatic rings. The van der Waals surface area contributed by atoms with E-state index in [9.17, 15) is 4.79 Å². The second-order valence-corrected chi connectivity index (χ2v) is 6.62. The van der Waals surface area contributed by atoms with Crippen LogP contribution in [-0.2, 0) is 16.1 Å². The second kappa shape index (κ2) is 8.12. The van der Waals surface area contributed by atoms with E-state index in [4.69, 9.17) is 9.73 Å². The van der Waals surface area contributed by atoms with Crippen LogP contribution < -0.4 is 5.32 Å². The number of aryl methyl sites for hydroxylation is 1. The molecule has 2 rings (SSSR count). The van der Waals surface area contributed by atoms with E-state index < -0.39 is 0 Å². The van der Waals surface area contributed by atoms with Gasteiger partial charge in [0.05, 0.1) is 24.6 Å². The maximum absolute atomic E-state index is 11.6. The van der Waals surface area contributed by atoms with Crippen LogP contribution in [0.15, 0.2) is 11.2 Å². The number of piperidine rings is 1. The van der Waals surface area contributed by atoms with E-state index >= 15 is 0 Å². The number of nitrogens with zero attached hydrogens (tertiary/aromatic N) is 3. The Labute approximate surface area is 135 Å². The lowest BCUT2D eigenvalue weighted by Crippen LogP contribution is -2.46. The Bertz CT molecular complexity index is 521. The van der Waals surface area contributed by atoms with Crippen LogP contribution in [0.2, 0.25) is 0 Å². The molecule has 7 heteroatoms. The Kier molecular flexibility index (Phi) is 6.18. The summed E-state index contributed by atoms with van der Waals surface area (Å²) in [7, 11) is 1.46. The van der Waals surface area contributed by atoms with Gasteiger partial charge in [-0.15, -0.1) is 11.3 Å². The van der Waals surface area contributed by atoms with Gasteiger partial charge in [-0.3, -0.25) is 4.79 Å². The molecule has 122 valence electrons. The molecule has 0 unspecified atom stereocenters. The number of guanidine groups is 1. The summed E-state index contributed by atoms with van der Waals surface area (Å²) in [4.78, 5) is 23.9. The normalized spacial score (nSPS) is 16.7. The van der Waals surface area contributed by atoms with E-state index in [1.807, 2.05) is 13.1 Å². The molecule has 1 aromatic heterocycles. The Balaban J connectivity index is 1.95. The topological polar surface area (TPSA) is 66.8 Å². The molecule has 22 heavy (non-hydrogen) atoms. The lowest BCUT2D eigenvalue weighted by molar-refractivity contribution is -0.146. The monoisotopic (exact) mass is 324 g/mol. The molecule has 0 amide bonds. The first-order valence-electron chi connectivity index (χ1n) is 7.66. The number of aromatic nitrogens is 1. The fraction of sp³-hybridized carbons (Fsp3) is 0.667. The van der Waals surface area contributed by atoms with Crippen molar-refractivity contribution < 1.29 is 9.53 Å².